The number of halogens is 2. The first-order chi connectivity index (χ1) is 10.1. The number of aryl methyl sites for hydroxylation is 1. The van der Waals surface area contributed by atoms with Gasteiger partial charge < -0.3 is 10.1 Å². The molecule has 1 saturated carbocycles. The number of benzene rings is 2. The summed E-state index contributed by atoms with van der Waals surface area (Å²) in [7, 11) is 0. The molecule has 0 atom stereocenters. The molecule has 0 aromatic heterocycles. The van der Waals surface area contributed by atoms with Gasteiger partial charge >= 0.3 is 0 Å². The fourth-order valence-electron chi connectivity index (χ4n) is 2.19. The third-order valence-corrected chi connectivity index (χ3v) is 3.56. The second kappa shape index (κ2) is 5.82. The van der Waals surface area contributed by atoms with Gasteiger partial charge in [-0.25, -0.2) is 8.78 Å². The van der Waals surface area contributed by atoms with Gasteiger partial charge in [0.1, 0.15) is 11.6 Å². The van der Waals surface area contributed by atoms with Crippen molar-refractivity contribution in [1.29, 1.82) is 0 Å². The van der Waals surface area contributed by atoms with E-state index in [1.54, 1.807) is 13.0 Å². The Bertz CT molecular complexity index is 653. The van der Waals surface area contributed by atoms with Crippen molar-refractivity contribution in [2.24, 2.45) is 0 Å². The van der Waals surface area contributed by atoms with Gasteiger partial charge in [-0.3, -0.25) is 0 Å². The van der Waals surface area contributed by atoms with Crippen molar-refractivity contribution in [3.63, 3.8) is 0 Å². The number of hydrogen-bond acceptors (Lipinski definition) is 2. The molecule has 0 amide bonds. The van der Waals surface area contributed by atoms with Crippen molar-refractivity contribution in [2.75, 3.05) is 0 Å². The Balaban J connectivity index is 1.85. The summed E-state index contributed by atoms with van der Waals surface area (Å²) in [6.07, 6.45) is 2.34. The first-order valence-corrected chi connectivity index (χ1v) is 7.08. The third-order valence-electron chi connectivity index (χ3n) is 3.56. The van der Waals surface area contributed by atoms with Gasteiger partial charge in [0.15, 0.2) is 11.6 Å². The van der Waals surface area contributed by atoms with Crippen LogP contribution >= 0.6 is 0 Å². The molecule has 0 bridgehead atoms. The summed E-state index contributed by atoms with van der Waals surface area (Å²) < 4.78 is 32.9. The normalized spacial score (nSPS) is 14.2. The number of para-hydroxylation sites is 1. The lowest BCUT2D eigenvalue weighted by atomic mass is 10.1. The average Bonchev–Trinajstić information content (AvgIpc) is 3.26. The van der Waals surface area contributed by atoms with Crippen LogP contribution in [0.15, 0.2) is 36.4 Å². The number of nitrogens with one attached hydrogen (secondary N) is 1. The zero-order valence-electron chi connectivity index (χ0n) is 11.8. The van der Waals surface area contributed by atoms with E-state index in [4.69, 9.17) is 4.74 Å². The number of rotatable bonds is 5. The molecule has 4 heteroatoms. The molecule has 0 saturated heterocycles. The molecule has 0 heterocycles. The van der Waals surface area contributed by atoms with E-state index in [0.29, 0.717) is 23.9 Å². The van der Waals surface area contributed by atoms with Gasteiger partial charge in [-0.15, -0.1) is 0 Å². The molecule has 21 heavy (non-hydrogen) atoms. The molecule has 110 valence electrons. The van der Waals surface area contributed by atoms with E-state index in [1.807, 2.05) is 6.07 Å². The molecule has 1 fully saturated rings. The maximum absolute atomic E-state index is 14.1. The predicted octanol–water partition coefficient (Wildman–Crippen LogP) is 4.32. The highest BCUT2D eigenvalue weighted by molar-refractivity contribution is 5.42. The van der Waals surface area contributed by atoms with Crippen LogP contribution in [0.1, 0.15) is 24.0 Å². The van der Waals surface area contributed by atoms with Crippen LogP contribution in [0, 0.1) is 18.6 Å². The van der Waals surface area contributed by atoms with Crippen molar-refractivity contribution in [3.8, 4) is 11.5 Å². The highest BCUT2D eigenvalue weighted by Crippen LogP contribution is 2.31. The molecule has 0 radical (unpaired) electrons. The van der Waals surface area contributed by atoms with E-state index in [-0.39, 0.29) is 11.6 Å². The van der Waals surface area contributed by atoms with E-state index in [0.717, 1.165) is 5.56 Å². The van der Waals surface area contributed by atoms with Crippen molar-refractivity contribution < 1.29 is 13.5 Å². The lowest BCUT2D eigenvalue weighted by Crippen LogP contribution is -2.16. The molecule has 3 rings (SSSR count). The minimum Gasteiger partial charge on any atom is -0.454 e. The molecule has 2 aromatic carbocycles. The summed E-state index contributed by atoms with van der Waals surface area (Å²) in [5.41, 5.74) is 1.41. The first kappa shape index (κ1) is 14.0. The smallest absolute Gasteiger partial charge is 0.167 e. The summed E-state index contributed by atoms with van der Waals surface area (Å²) in [4.78, 5) is 0. The summed E-state index contributed by atoms with van der Waals surface area (Å²) in [5.74, 6) is -0.0626. The van der Waals surface area contributed by atoms with Crippen LogP contribution < -0.4 is 10.1 Å². The summed E-state index contributed by atoms with van der Waals surface area (Å²) >= 11 is 0. The topological polar surface area (TPSA) is 21.3 Å². The van der Waals surface area contributed by atoms with Crippen LogP contribution in [0.5, 0.6) is 11.5 Å². The zero-order chi connectivity index (χ0) is 14.8. The van der Waals surface area contributed by atoms with E-state index < -0.39 is 5.82 Å². The quantitative estimate of drug-likeness (QED) is 0.885. The van der Waals surface area contributed by atoms with Crippen LogP contribution in [0.2, 0.25) is 0 Å². The van der Waals surface area contributed by atoms with Crippen LogP contribution in [0.3, 0.4) is 0 Å². The second-order valence-electron chi connectivity index (χ2n) is 5.40. The van der Waals surface area contributed by atoms with E-state index in [9.17, 15) is 8.78 Å². The Labute approximate surface area is 122 Å². The lowest BCUT2D eigenvalue weighted by molar-refractivity contribution is 0.429. The highest BCUT2D eigenvalue weighted by atomic mass is 19.1. The van der Waals surface area contributed by atoms with Crippen LogP contribution in [0.25, 0.3) is 0 Å². The molecular formula is C17H17F2NO. The Morgan fingerprint density at radius 3 is 2.71 bits per heavy atom. The van der Waals surface area contributed by atoms with Gasteiger partial charge in [0.25, 0.3) is 0 Å². The van der Waals surface area contributed by atoms with Crippen LogP contribution in [-0.2, 0) is 6.54 Å². The molecule has 2 nitrogen and oxygen atoms in total. The van der Waals surface area contributed by atoms with Gasteiger partial charge in [0.2, 0.25) is 0 Å². The molecule has 1 aliphatic rings. The van der Waals surface area contributed by atoms with E-state index in [2.05, 4.69) is 5.32 Å². The Morgan fingerprint density at radius 2 is 2.00 bits per heavy atom. The highest BCUT2D eigenvalue weighted by Gasteiger charge is 2.21. The van der Waals surface area contributed by atoms with Crippen molar-refractivity contribution in [1.82, 2.24) is 5.32 Å². The summed E-state index contributed by atoms with van der Waals surface area (Å²) in [6, 6.07) is 9.62. The molecule has 0 aliphatic heterocycles. The maximum atomic E-state index is 14.1. The van der Waals surface area contributed by atoms with Gasteiger partial charge in [-0.1, -0.05) is 12.1 Å². The Hall–Kier alpha value is -1.94. The fraction of sp³-hybridized carbons (Fsp3) is 0.294. The molecular weight excluding hydrogens is 272 g/mol. The average molecular weight is 289 g/mol. The van der Waals surface area contributed by atoms with Gasteiger partial charge in [0.05, 0.1) is 0 Å². The number of hydrogen-bond donors (Lipinski definition) is 1. The molecule has 0 spiro atoms. The van der Waals surface area contributed by atoms with Crippen LogP contribution in [0.4, 0.5) is 8.78 Å². The van der Waals surface area contributed by atoms with Crippen molar-refractivity contribution in [2.45, 2.75) is 32.4 Å². The second-order valence-corrected chi connectivity index (χ2v) is 5.40. The van der Waals surface area contributed by atoms with Gasteiger partial charge in [-0.2, -0.15) is 0 Å². The largest absolute Gasteiger partial charge is 0.454 e. The fourth-order valence-corrected chi connectivity index (χ4v) is 2.19. The van der Waals surface area contributed by atoms with Gasteiger partial charge in [-0.05, 0) is 49.6 Å². The SMILES string of the molecule is Cc1cc(F)ccc1Oc1c(F)cccc1CNC1CC1. The molecule has 0 unspecified atom stereocenters. The van der Waals surface area contributed by atoms with Crippen LogP contribution in [-0.4, -0.2) is 6.04 Å². The summed E-state index contributed by atoms with van der Waals surface area (Å²) in [5, 5.41) is 3.34. The standard InChI is InChI=1S/C17H17F2NO/c1-11-9-13(18)5-8-16(11)21-17-12(3-2-4-15(17)19)10-20-14-6-7-14/h2-5,8-9,14,20H,6-7,10H2,1H3. The molecule has 1 N–H and O–H groups in total. The lowest BCUT2D eigenvalue weighted by Gasteiger charge is -2.14. The van der Waals surface area contributed by atoms with E-state index in [1.165, 1.54) is 37.1 Å². The minimum absolute atomic E-state index is 0.209. The Morgan fingerprint density at radius 1 is 1.19 bits per heavy atom. The number of ether oxygens (including phenoxy) is 1. The van der Waals surface area contributed by atoms with Gasteiger partial charge in [0, 0.05) is 18.2 Å². The molecule has 1 aliphatic carbocycles. The predicted molar refractivity (Wildman–Crippen MR) is 77.5 cm³/mol. The van der Waals surface area contributed by atoms with Crippen molar-refractivity contribution in [3.05, 3.63) is 59.2 Å². The minimum atomic E-state index is -0.408. The first-order valence-electron chi connectivity index (χ1n) is 7.08. The third kappa shape index (κ3) is 3.39. The molecule has 2 aromatic rings. The maximum Gasteiger partial charge on any atom is 0.167 e. The van der Waals surface area contributed by atoms with E-state index >= 15 is 0 Å². The Kier molecular flexibility index (Phi) is 3.88. The summed E-state index contributed by atoms with van der Waals surface area (Å²) in [6.45, 7) is 2.30. The monoisotopic (exact) mass is 289 g/mol. The zero-order valence-corrected chi connectivity index (χ0v) is 11.8. The van der Waals surface area contributed by atoms with Crippen molar-refractivity contribution >= 4 is 0 Å².